The number of aryl methyl sites for hydroxylation is 1. The lowest BCUT2D eigenvalue weighted by Gasteiger charge is -2.20. The number of rotatable bonds is 8. The molecule has 0 fully saturated rings. The van der Waals surface area contributed by atoms with E-state index in [1.54, 1.807) is 13.1 Å². The first-order chi connectivity index (χ1) is 8.83. The molecule has 108 valence electrons. The molecule has 0 saturated heterocycles. The highest BCUT2D eigenvalue weighted by molar-refractivity contribution is 5.77. The number of carbonyl (C=O) groups is 1. The molecular formula is C13H24N4O2. The van der Waals surface area contributed by atoms with E-state index in [9.17, 15) is 4.79 Å². The number of carboxylic acids is 1. The molecule has 0 amide bonds. The number of aromatic nitrogens is 2. The third kappa shape index (κ3) is 5.00. The molecule has 1 heterocycles. The molecule has 0 bridgehead atoms. The van der Waals surface area contributed by atoms with Crippen LogP contribution in [-0.4, -0.2) is 44.7 Å². The largest absolute Gasteiger partial charge is 0.480 e. The second kappa shape index (κ2) is 6.68. The Morgan fingerprint density at radius 2 is 2.26 bits per heavy atom. The molecule has 1 aromatic rings. The zero-order chi connectivity index (χ0) is 14.5. The topological polar surface area (TPSA) is 84.4 Å². The van der Waals surface area contributed by atoms with E-state index in [1.807, 2.05) is 24.9 Å². The number of aliphatic carboxylic acids is 1. The fourth-order valence-electron chi connectivity index (χ4n) is 1.85. The maximum atomic E-state index is 10.9. The Labute approximate surface area is 114 Å². The lowest BCUT2D eigenvalue weighted by molar-refractivity contribution is -0.142. The zero-order valence-electron chi connectivity index (χ0n) is 12.0. The Bertz CT molecular complexity index is 415. The van der Waals surface area contributed by atoms with Crippen LogP contribution in [0.15, 0.2) is 12.4 Å². The van der Waals surface area contributed by atoms with Crippen molar-refractivity contribution in [1.82, 2.24) is 14.5 Å². The number of nitrogens with zero attached hydrogens (tertiary/aromatic N) is 3. The molecule has 1 aromatic heterocycles. The standard InChI is InChI=1S/C13H24N4O2/c1-13(14,12(18)19)6-4-5-8-16(2)10-11-15-7-9-17(11)3/h7,9H,4-6,8,10,14H2,1-3H3,(H,18,19). The highest BCUT2D eigenvalue weighted by Gasteiger charge is 2.26. The van der Waals surface area contributed by atoms with Gasteiger partial charge < -0.3 is 15.4 Å². The Hall–Kier alpha value is -1.40. The van der Waals surface area contributed by atoms with Gasteiger partial charge in [0.25, 0.3) is 0 Å². The molecule has 0 aliphatic heterocycles. The third-order valence-electron chi connectivity index (χ3n) is 3.31. The summed E-state index contributed by atoms with van der Waals surface area (Å²) in [5, 5.41) is 8.91. The van der Waals surface area contributed by atoms with Gasteiger partial charge in [-0.3, -0.25) is 9.69 Å². The van der Waals surface area contributed by atoms with Gasteiger partial charge in [0.05, 0.1) is 6.54 Å². The van der Waals surface area contributed by atoms with E-state index in [0.29, 0.717) is 6.42 Å². The fourth-order valence-corrected chi connectivity index (χ4v) is 1.85. The van der Waals surface area contributed by atoms with Crippen LogP contribution in [0.1, 0.15) is 32.0 Å². The lowest BCUT2D eigenvalue weighted by Crippen LogP contribution is -2.44. The molecule has 1 atom stereocenters. The van der Waals surface area contributed by atoms with Gasteiger partial charge in [-0.25, -0.2) is 4.98 Å². The summed E-state index contributed by atoms with van der Waals surface area (Å²) in [6, 6.07) is 0. The van der Waals surface area contributed by atoms with Gasteiger partial charge >= 0.3 is 5.97 Å². The summed E-state index contributed by atoms with van der Waals surface area (Å²) >= 11 is 0. The van der Waals surface area contributed by atoms with E-state index in [4.69, 9.17) is 10.8 Å². The van der Waals surface area contributed by atoms with E-state index in [-0.39, 0.29) is 0 Å². The smallest absolute Gasteiger partial charge is 0.323 e. The Morgan fingerprint density at radius 3 is 2.79 bits per heavy atom. The van der Waals surface area contributed by atoms with Crippen molar-refractivity contribution in [2.24, 2.45) is 12.8 Å². The molecule has 0 saturated carbocycles. The summed E-state index contributed by atoms with van der Waals surface area (Å²) in [7, 11) is 4.01. The number of imidazole rings is 1. The van der Waals surface area contributed by atoms with Crippen LogP contribution in [0.4, 0.5) is 0 Å². The molecule has 3 N–H and O–H groups in total. The molecule has 6 heteroatoms. The van der Waals surface area contributed by atoms with E-state index >= 15 is 0 Å². The van der Waals surface area contributed by atoms with E-state index in [0.717, 1.165) is 31.8 Å². The van der Waals surface area contributed by atoms with Crippen LogP contribution in [0, 0.1) is 0 Å². The van der Waals surface area contributed by atoms with Crippen LogP contribution >= 0.6 is 0 Å². The highest BCUT2D eigenvalue weighted by Crippen LogP contribution is 2.11. The fraction of sp³-hybridized carbons (Fsp3) is 0.692. The predicted octanol–water partition coefficient (Wildman–Crippen LogP) is 0.824. The molecule has 1 rings (SSSR count). The molecule has 19 heavy (non-hydrogen) atoms. The lowest BCUT2D eigenvalue weighted by atomic mass is 9.96. The van der Waals surface area contributed by atoms with Crippen LogP contribution < -0.4 is 5.73 Å². The number of hydrogen-bond acceptors (Lipinski definition) is 4. The average molecular weight is 268 g/mol. The first kappa shape index (κ1) is 15.7. The van der Waals surface area contributed by atoms with Crippen molar-refractivity contribution in [3.8, 4) is 0 Å². The van der Waals surface area contributed by atoms with Crippen molar-refractivity contribution < 1.29 is 9.90 Å². The molecule has 0 radical (unpaired) electrons. The van der Waals surface area contributed by atoms with Crippen molar-refractivity contribution >= 4 is 5.97 Å². The zero-order valence-corrected chi connectivity index (χ0v) is 12.0. The summed E-state index contributed by atoms with van der Waals surface area (Å²) in [5.41, 5.74) is 4.57. The quantitative estimate of drug-likeness (QED) is 0.682. The third-order valence-corrected chi connectivity index (χ3v) is 3.31. The molecule has 0 aliphatic rings. The minimum Gasteiger partial charge on any atom is -0.480 e. The van der Waals surface area contributed by atoms with Gasteiger partial charge in [-0.15, -0.1) is 0 Å². The predicted molar refractivity (Wildman–Crippen MR) is 73.6 cm³/mol. The van der Waals surface area contributed by atoms with Crippen LogP contribution in [-0.2, 0) is 18.4 Å². The van der Waals surface area contributed by atoms with E-state index in [1.165, 1.54) is 0 Å². The highest BCUT2D eigenvalue weighted by atomic mass is 16.4. The summed E-state index contributed by atoms with van der Waals surface area (Å²) in [6.45, 7) is 3.26. The van der Waals surface area contributed by atoms with Crippen LogP contribution in [0.25, 0.3) is 0 Å². The molecule has 6 nitrogen and oxygen atoms in total. The molecule has 0 aliphatic carbocycles. The summed E-state index contributed by atoms with van der Waals surface area (Å²) in [6.07, 6.45) is 5.95. The maximum absolute atomic E-state index is 10.9. The Balaban J connectivity index is 2.23. The van der Waals surface area contributed by atoms with E-state index in [2.05, 4.69) is 9.88 Å². The number of nitrogens with two attached hydrogens (primary N) is 1. The summed E-state index contributed by atoms with van der Waals surface area (Å²) in [4.78, 5) is 17.3. The van der Waals surface area contributed by atoms with Gasteiger partial charge in [-0.1, -0.05) is 0 Å². The minimum absolute atomic E-state index is 0.499. The van der Waals surface area contributed by atoms with Crippen LogP contribution in [0.5, 0.6) is 0 Å². The second-order valence-electron chi connectivity index (χ2n) is 5.37. The second-order valence-corrected chi connectivity index (χ2v) is 5.37. The first-order valence-corrected chi connectivity index (χ1v) is 6.50. The monoisotopic (exact) mass is 268 g/mol. The van der Waals surface area contributed by atoms with Gasteiger partial charge in [0.2, 0.25) is 0 Å². The van der Waals surface area contributed by atoms with Crippen molar-refractivity contribution in [2.75, 3.05) is 13.6 Å². The number of carboxylic acid groups (broad SMARTS) is 1. The number of hydrogen-bond donors (Lipinski definition) is 2. The van der Waals surface area contributed by atoms with E-state index < -0.39 is 11.5 Å². The molecule has 1 unspecified atom stereocenters. The van der Waals surface area contributed by atoms with Crippen molar-refractivity contribution in [3.63, 3.8) is 0 Å². The molecule has 0 aromatic carbocycles. The summed E-state index contributed by atoms with van der Waals surface area (Å²) < 4.78 is 2.00. The average Bonchev–Trinajstić information content (AvgIpc) is 2.70. The van der Waals surface area contributed by atoms with Crippen molar-refractivity contribution in [1.29, 1.82) is 0 Å². The van der Waals surface area contributed by atoms with Gasteiger partial charge in [0.15, 0.2) is 0 Å². The molecule has 0 spiro atoms. The summed E-state index contributed by atoms with van der Waals surface area (Å²) in [5.74, 6) is 0.0885. The molecular weight excluding hydrogens is 244 g/mol. The SMILES string of the molecule is CN(CCCCC(C)(N)C(=O)O)Cc1nccn1C. The Kier molecular flexibility index (Phi) is 5.50. The minimum atomic E-state index is -1.11. The van der Waals surface area contributed by atoms with Gasteiger partial charge in [0, 0.05) is 19.4 Å². The van der Waals surface area contributed by atoms with Crippen LogP contribution in [0.3, 0.4) is 0 Å². The van der Waals surface area contributed by atoms with Crippen molar-refractivity contribution in [3.05, 3.63) is 18.2 Å². The first-order valence-electron chi connectivity index (χ1n) is 6.50. The normalized spacial score (nSPS) is 14.6. The number of unbranched alkanes of at least 4 members (excludes halogenated alkanes) is 1. The van der Waals surface area contributed by atoms with Gasteiger partial charge in [0.1, 0.15) is 11.4 Å². The van der Waals surface area contributed by atoms with Crippen molar-refractivity contribution in [2.45, 2.75) is 38.3 Å². The Morgan fingerprint density at radius 1 is 1.58 bits per heavy atom. The van der Waals surface area contributed by atoms with Gasteiger partial charge in [-0.2, -0.15) is 0 Å². The van der Waals surface area contributed by atoms with Crippen LogP contribution in [0.2, 0.25) is 0 Å². The maximum Gasteiger partial charge on any atom is 0.323 e. The van der Waals surface area contributed by atoms with Gasteiger partial charge in [-0.05, 0) is 39.8 Å².